The summed E-state index contributed by atoms with van der Waals surface area (Å²) in [5.41, 5.74) is 4.32. The number of pyridine rings is 1. The summed E-state index contributed by atoms with van der Waals surface area (Å²) in [4.78, 5) is 3.65. The third-order valence-corrected chi connectivity index (χ3v) is 5.67. The number of hydrogen-bond donors (Lipinski definition) is 3. The Balaban J connectivity index is 0.000000797. The summed E-state index contributed by atoms with van der Waals surface area (Å²) < 4.78 is 79.5. The van der Waals surface area contributed by atoms with Crippen LogP contribution in [0.2, 0.25) is 0 Å². The first-order valence-corrected chi connectivity index (χ1v) is 11.8. The van der Waals surface area contributed by atoms with E-state index in [9.17, 15) is 31.4 Å². The number of benzene rings is 1. The van der Waals surface area contributed by atoms with Gasteiger partial charge in [0.15, 0.2) is 5.69 Å². The molecular weight excluding hydrogens is 564 g/mol. The summed E-state index contributed by atoms with van der Waals surface area (Å²) in [6.07, 6.45) is -11.0. The van der Waals surface area contributed by atoms with E-state index in [1.165, 1.54) is 6.07 Å². The van der Waals surface area contributed by atoms with Crippen molar-refractivity contribution in [3.05, 3.63) is 113 Å². The first kappa shape index (κ1) is 32.3. The molecule has 0 saturated heterocycles. The summed E-state index contributed by atoms with van der Waals surface area (Å²) in [6, 6.07) is 21.3. The Morgan fingerprint density at radius 2 is 1.56 bits per heavy atom. The zero-order valence-electron chi connectivity index (χ0n) is 20.6. The van der Waals surface area contributed by atoms with Gasteiger partial charge >= 0.3 is 29.4 Å². The number of hydrogen-bond acceptors (Lipinski definition) is 4. The molecule has 4 rings (SSSR count). The van der Waals surface area contributed by atoms with Crippen LogP contribution in [0.5, 0.6) is 0 Å². The fourth-order valence-corrected chi connectivity index (χ4v) is 3.79. The Bertz CT molecular complexity index is 1230. The van der Waals surface area contributed by atoms with Gasteiger partial charge in [-0.1, -0.05) is 18.2 Å². The van der Waals surface area contributed by atoms with E-state index < -0.39 is 35.3 Å². The van der Waals surface area contributed by atoms with E-state index in [1.54, 1.807) is 12.1 Å². The van der Waals surface area contributed by atoms with Crippen LogP contribution in [0.4, 0.5) is 26.3 Å². The van der Waals surface area contributed by atoms with Crippen molar-refractivity contribution >= 4 is 0 Å². The van der Waals surface area contributed by atoms with Crippen LogP contribution in [-0.4, -0.2) is 23.2 Å². The van der Waals surface area contributed by atoms with Crippen LogP contribution in [0.3, 0.4) is 0 Å². The Kier molecular flexibility index (Phi) is 11.9. The number of aliphatic hydroxyl groups excluding tert-OH is 1. The number of nitrogens with zero attached hydrogens (tertiary/aromatic N) is 1. The maximum absolute atomic E-state index is 13.7. The molecule has 0 radical (unpaired) electrons. The number of nitrogens with two attached hydrogens (primary N) is 1. The van der Waals surface area contributed by atoms with Crippen molar-refractivity contribution in [1.82, 2.24) is 10.3 Å². The maximum Gasteiger partial charge on any atom is 2.00 e. The number of halogens is 6. The predicted octanol–water partition coefficient (Wildman–Crippen LogP) is 6.23. The van der Waals surface area contributed by atoms with E-state index >= 15 is 0 Å². The molecule has 0 aliphatic carbocycles. The Labute approximate surface area is 233 Å². The summed E-state index contributed by atoms with van der Waals surface area (Å²) in [6.45, 7) is 1.47. The summed E-state index contributed by atoms with van der Waals surface area (Å²) in [7, 11) is 0. The van der Waals surface area contributed by atoms with Gasteiger partial charge in [0, 0.05) is 24.2 Å². The smallest absolute Gasteiger partial charge is 0.388 e. The first-order chi connectivity index (χ1) is 18.0. The molecule has 1 aromatic heterocycles. The molecule has 0 saturated carbocycles. The fourth-order valence-electron chi connectivity index (χ4n) is 3.79. The number of alkyl halides is 6. The molecule has 0 aliphatic rings. The molecule has 0 fully saturated rings. The minimum Gasteiger partial charge on any atom is -0.388 e. The zero-order chi connectivity index (χ0) is 27.8. The monoisotopic (exact) mass is 591 g/mol. The molecule has 1 atom stereocenters. The summed E-state index contributed by atoms with van der Waals surface area (Å²) in [5.74, 6) is 0. The molecule has 3 aromatic carbocycles. The van der Waals surface area contributed by atoms with E-state index in [1.807, 2.05) is 36.4 Å². The number of rotatable bonds is 8. The number of nitrogens with one attached hydrogen (secondary N) is 1. The largest absolute Gasteiger partial charge is 2.00 e. The van der Waals surface area contributed by atoms with Crippen LogP contribution < -0.4 is 11.1 Å². The normalized spacial score (nSPS) is 12.3. The van der Waals surface area contributed by atoms with Crippen molar-refractivity contribution in [2.24, 2.45) is 5.73 Å². The Morgan fingerprint density at radius 1 is 0.897 bits per heavy atom. The Hall–Kier alpha value is -2.95. The molecule has 11 heteroatoms. The second-order valence-electron chi connectivity index (χ2n) is 8.43. The quantitative estimate of drug-likeness (QED) is 0.0984. The van der Waals surface area contributed by atoms with E-state index in [0.29, 0.717) is 25.2 Å². The van der Waals surface area contributed by atoms with Gasteiger partial charge in [-0.15, -0.1) is 0 Å². The molecule has 210 valence electrons. The molecule has 0 amide bonds. The first-order valence-electron chi connectivity index (χ1n) is 11.8. The second kappa shape index (κ2) is 14.4. The molecule has 39 heavy (non-hydrogen) atoms. The molecule has 4 nitrogen and oxygen atoms in total. The maximum atomic E-state index is 13.7. The topological polar surface area (TPSA) is 71.2 Å². The van der Waals surface area contributed by atoms with Crippen LogP contribution in [-0.2, 0) is 42.4 Å². The molecule has 4 aromatic rings. The third-order valence-electron chi connectivity index (χ3n) is 5.67. The van der Waals surface area contributed by atoms with Crippen LogP contribution in [0.25, 0.3) is 11.3 Å². The molecule has 0 bridgehead atoms. The molecule has 0 aliphatic heterocycles. The minimum absolute atomic E-state index is 0. The van der Waals surface area contributed by atoms with Crippen LogP contribution in [0.15, 0.2) is 84.9 Å². The van der Waals surface area contributed by atoms with Gasteiger partial charge in [0.25, 0.3) is 0 Å². The number of aromatic nitrogens is 1. The van der Waals surface area contributed by atoms with Crippen molar-refractivity contribution in [2.45, 2.75) is 31.4 Å². The van der Waals surface area contributed by atoms with Crippen LogP contribution >= 0.6 is 0 Å². The standard InChI is InChI=1S/C23H22F6N3O.C5H5.Fe/c24-22(25,26)17-6-4-14(5-7-17)19-9-8-18(21(32-19)23(27,28)29)20(33)12-15-2-1-3-16(15)13-31-11-10-30;1-2-4-5-3-1;/h1-9,20,31,33H,10-13,30H2;1-5H;/q2*-1;+2/t20-;;/m1../s1. The molecule has 0 spiro atoms. The van der Waals surface area contributed by atoms with Gasteiger partial charge in [0.2, 0.25) is 0 Å². The van der Waals surface area contributed by atoms with Gasteiger partial charge in [-0.3, -0.25) is 0 Å². The average molecular weight is 591 g/mol. The van der Waals surface area contributed by atoms with E-state index in [-0.39, 0.29) is 34.7 Å². The van der Waals surface area contributed by atoms with Crippen molar-refractivity contribution < 1.29 is 48.5 Å². The summed E-state index contributed by atoms with van der Waals surface area (Å²) >= 11 is 0. The van der Waals surface area contributed by atoms with Crippen molar-refractivity contribution in [1.29, 1.82) is 0 Å². The predicted molar refractivity (Wildman–Crippen MR) is 133 cm³/mol. The SMILES string of the molecule is NCCNCc1cc[cH-]c1C[C@@H](O)c1ccc(-c2ccc(C(F)(F)F)cc2)nc1C(F)(F)F.[Fe+2].c1cc[cH-]c1. The minimum atomic E-state index is -4.87. The van der Waals surface area contributed by atoms with Gasteiger partial charge in [-0.2, -0.15) is 67.8 Å². The van der Waals surface area contributed by atoms with Gasteiger partial charge in [0.05, 0.1) is 17.4 Å². The van der Waals surface area contributed by atoms with E-state index in [4.69, 9.17) is 5.73 Å². The van der Waals surface area contributed by atoms with Crippen molar-refractivity contribution in [3.63, 3.8) is 0 Å². The fraction of sp³-hybridized carbons (Fsp3) is 0.250. The van der Waals surface area contributed by atoms with Crippen LogP contribution in [0.1, 0.15) is 34.1 Å². The summed E-state index contributed by atoms with van der Waals surface area (Å²) in [5, 5.41) is 13.7. The van der Waals surface area contributed by atoms with Gasteiger partial charge in [0.1, 0.15) is 0 Å². The van der Waals surface area contributed by atoms with Crippen molar-refractivity contribution in [3.8, 4) is 11.3 Å². The van der Waals surface area contributed by atoms with E-state index in [2.05, 4.69) is 10.3 Å². The van der Waals surface area contributed by atoms with Crippen molar-refractivity contribution in [2.75, 3.05) is 13.1 Å². The molecular formula is C28H27F6FeN3O. The second-order valence-corrected chi connectivity index (χ2v) is 8.43. The molecule has 4 N–H and O–H groups in total. The average Bonchev–Trinajstić information content (AvgIpc) is 3.59. The zero-order valence-corrected chi connectivity index (χ0v) is 21.7. The van der Waals surface area contributed by atoms with Gasteiger partial charge in [-0.05, 0) is 31.2 Å². The van der Waals surface area contributed by atoms with Gasteiger partial charge < -0.3 is 16.2 Å². The number of aliphatic hydroxyl groups is 1. The molecule has 1 heterocycles. The van der Waals surface area contributed by atoms with Crippen LogP contribution in [0, 0.1) is 0 Å². The Morgan fingerprint density at radius 3 is 2.10 bits per heavy atom. The van der Waals surface area contributed by atoms with E-state index in [0.717, 1.165) is 35.9 Å². The van der Waals surface area contributed by atoms with Gasteiger partial charge in [-0.25, -0.2) is 23.2 Å². The molecule has 0 unspecified atom stereocenters. The third kappa shape index (κ3) is 9.33.